The zero-order chi connectivity index (χ0) is 21.3. The average Bonchev–Trinajstić information content (AvgIpc) is 3.08. The minimum absolute atomic E-state index is 0.0109. The van der Waals surface area contributed by atoms with Gasteiger partial charge in [0.05, 0.1) is 12.8 Å². The van der Waals surface area contributed by atoms with Crippen molar-refractivity contribution in [1.82, 2.24) is 18.7 Å². The Morgan fingerprint density at radius 3 is 2.30 bits per heavy atom. The van der Waals surface area contributed by atoms with Gasteiger partial charge in [0.1, 0.15) is 16.5 Å². The summed E-state index contributed by atoms with van der Waals surface area (Å²) in [7, 11) is -0.567. The summed E-state index contributed by atoms with van der Waals surface area (Å²) in [6.45, 7) is 0.704. The fourth-order valence-electron chi connectivity index (χ4n) is 3.89. The highest BCUT2D eigenvalue weighted by Crippen LogP contribution is 2.32. The molecule has 1 aliphatic rings. The molecule has 0 aliphatic carbocycles. The van der Waals surface area contributed by atoms with Crippen molar-refractivity contribution in [3.63, 3.8) is 0 Å². The van der Waals surface area contributed by atoms with Gasteiger partial charge in [0, 0.05) is 26.1 Å². The number of benzene rings is 2. The molecule has 0 unspecified atom stereocenters. The van der Waals surface area contributed by atoms with E-state index in [1.165, 1.54) is 16.1 Å². The number of ether oxygens (including phenoxy) is 1. The second kappa shape index (κ2) is 8.08. The molecule has 1 fully saturated rings. The highest BCUT2D eigenvalue weighted by Gasteiger charge is 2.34. The van der Waals surface area contributed by atoms with E-state index in [4.69, 9.17) is 4.74 Å². The summed E-state index contributed by atoms with van der Waals surface area (Å²) in [6.07, 6.45) is 1.16. The van der Waals surface area contributed by atoms with Crippen molar-refractivity contribution in [2.75, 3.05) is 20.2 Å². The summed E-state index contributed by atoms with van der Waals surface area (Å²) >= 11 is 0. The maximum absolute atomic E-state index is 13.1. The lowest BCUT2D eigenvalue weighted by atomic mass is 9.97. The molecule has 0 spiro atoms. The summed E-state index contributed by atoms with van der Waals surface area (Å²) in [5, 5.41) is 4.46. The third kappa shape index (κ3) is 3.54. The molecule has 8 nitrogen and oxygen atoms in total. The van der Waals surface area contributed by atoms with Gasteiger partial charge < -0.3 is 4.74 Å². The van der Waals surface area contributed by atoms with Gasteiger partial charge in [0.15, 0.2) is 0 Å². The van der Waals surface area contributed by atoms with E-state index >= 15 is 0 Å². The third-order valence-electron chi connectivity index (χ3n) is 5.47. The number of hydrogen-bond donors (Lipinski definition) is 0. The van der Waals surface area contributed by atoms with Crippen LogP contribution in [0.25, 0.3) is 5.69 Å². The summed E-state index contributed by atoms with van der Waals surface area (Å²) in [5.74, 6) is 0.994. The molecule has 1 aliphatic heterocycles. The molecule has 1 saturated heterocycles. The van der Waals surface area contributed by atoms with E-state index in [-0.39, 0.29) is 16.5 Å². The smallest absolute Gasteiger partial charge is 0.350 e. The maximum Gasteiger partial charge on any atom is 0.350 e. The number of nitrogens with zero attached hydrogens (tertiary/aromatic N) is 4. The fraction of sp³-hybridized carbons (Fsp3) is 0.333. The summed E-state index contributed by atoms with van der Waals surface area (Å²) in [5.41, 5.74) is 0.551. The van der Waals surface area contributed by atoms with E-state index in [9.17, 15) is 13.2 Å². The first-order valence-electron chi connectivity index (χ1n) is 9.78. The standard InChI is InChI=1S/C21H24N4O4S/c1-23-21(26)25(17-8-4-3-5-9-17)20(22-23)16-12-14-24(15-13-16)30(27,28)19-11-7-6-10-18(19)29-2/h3-11,16H,12-15H2,1-2H3. The fourth-order valence-corrected chi connectivity index (χ4v) is 5.52. The number of aromatic nitrogens is 3. The van der Waals surface area contributed by atoms with E-state index in [0.717, 1.165) is 5.69 Å². The molecule has 2 heterocycles. The number of sulfonamides is 1. The van der Waals surface area contributed by atoms with Gasteiger partial charge in [-0.25, -0.2) is 22.5 Å². The van der Waals surface area contributed by atoms with Gasteiger partial charge >= 0.3 is 5.69 Å². The Balaban J connectivity index is 1.59. The van der Waals surface area contributed by atoms with Crippen molar-refractivity contribution < 1.29 is 13.2 Å². The van der Waals surface area contributed by atoms with Gasteiger partial charge in [-0.05, 0) is 37.1 Å². The van der Waals surface area contributed by atoms with Crippen LogP contribution < -0.4 is 10.4 Å². The molecule has 0 amide bonds. The first-order valence-corrected chi connectivity index (χ1v) is 11.2. The molecule has 3 aromatic rings. The van der Waals surface area contributed by atoms with Gasteiger partial charge in [-0.1, -0.05) is 30.3 Å². The summed E-state index contributed by atoms with van der Waals surface area (Å²) in [4.78, 5) is 12.8. The summed E-state index contributed by atoms with van der Waals surface area (Å²) in [6, 6.07) is 16.0. The van der Waals surface area contributed by atoms with Crippen LogP contribution in [-0.4, -0.2) is 47.3 Å². The quantitative estimate of drug-likeness (QED) is 0.622. The Morgan fingerprint density at radius 1 is 1.00 bits per heavy atom. The normalized spacial score (nSPS) is 15.9. The lowest BCUT2D eigenvalue weighted by Gasteiger charge is -2.31. The molecule has 158 valence electrons. The highest BCUT2D eigenvalue weighted by atomic mass is 32.2. The van der Waals surface area contributed by atoms with Crippen LogP contribution in [0.4, 0.5) is 0 Å². The lowest BCUT2D eigenvalue weighted by Crippen LogP contribution is -2.38. The van der Waals surface area contributed by atoms with Gasteiger partial charge in [-0.2, -0.15) is 9.40 Å². The second-order valence-electron chi connectivity index (χ2n) is 7.26. The van der Waals surface area contributed by atoms with Crippen molar-refractivity contribution in [2.24, 2.45) is 7.05 Å². The monoisotopic (exact) mass is 428 g/mol. The number of aryl methyl sites for hydroxylation is 1. The number of rotatable bonds is 5. The SMILES string of the molecule is COc1ccccc1S(=O)(=O)N1CCC(c2nn(C)c(=O)n2-c2ccccc2)CC1. The number of methoxy groups -OCH3 is 1. The molecule has 0 atom stereocenters. The molecular formula is C21H24N4O4S. The molecule has 0 saturated carbocycles. The maximum atomic E-state index is 13.1. The first-order chi connectivity index (χ1) is 14.4. The Labute approximate surface area is 175 Å². The summed E-state index contributed by atoms with van der Waals surface area (Å²) < 4.78 is 35.9. The molecule has 4 rings (SSSR count). The van der Waals surface area contributed by atoms with Gasteiger partial charge in [-0.3, -0.25) is 0 Å². The van der Waals surface area contributed by atoms with Crippen molar-refractivity contribution >= 4 is 10.0 Å². The highest BCUT2D eigenvalue weighted by molar-refractivity contribution is 7.89. The molecule has 2 aromatic carbocycles. The van der Waals surface area contributed by atoms with E-state index in [1.54, 1.807) is 35.9 Å². The van der Waals surface area contributed by atoms with Crippen LogP contribution in [0.15, 0.2) is 64.3 Å². The van der Waals surface area contributed by atoms with Crippen LogP contribution in [0, 0.1) is 0 Å². The Bertz CT molecular complexity index is 1190. The predicted octanol–water partition coefficient (Wildman–Crippen LogP) is 2.15. The van der Waals surface area contributed by atoms with Crippen LogP contribution in [-0.2, 0) is 17.1 Å². The largest absolute Gasteiger partial charge is 0.495 e. The Morgan fingerprint density at radius 2 is 1.63 bits per heavy atom. The minimum Gasteiger partial charge on any atom is -0.495 e. The van der Waals surface area contributed by atoms with E-state index in [0.29, 0.717) is 37.5 Å². The van der Waals surface area contributed by atoms with Crippen molar-refractivity contribution in [3.05, 3.63) is 70.9 Å². The van der Waals surface area contributed by atoms with Crippen molar-refractivity contribution in [1.29, 1.82) is 0 Å². The molecule has 0 radical (unpaired) electrons. The topological polar surface area (TPSA) is 86.4 Å². The minimum atomic E-state index is -3.66. The molecule has 9 heteroatoms. The predicted molar refractivity (Wildman–Crippen MR) is 113 cm³/mol. The Hall–Kier alpha value is -2.91. The first kappa shape index (κ1) is 20.4. The number of piperidine rings is 1. The van der Waals surface area contributed by atoms with E-state index < -0.39 is 10.0 Å². The zero-order valence-corrected chi connectivity index (χ0v) is 17.7. The van der Waals surface area contributed by atoms with E-state index in [2.05, 4.69) is 5.10 Å². The lowest BCUT2D eigenvalue weighted by molar-refractivity contribution is 0.309. The molecule has 0 bridgehead atoms. The van der Waals surface area contributed by atoms with Gasteiger partial charge in [-0.15, -0.1) is 0 Å². The van der Waals surface area contributed by atoms with Crippen LogP contribution in [0.1, 0.15) is 24.6 Å². The molecule has 1 aromatic heterocycles. The van der Waals surface area contributed by atoms with Crippen LogP contribution >= 0.6 is 0 Å². The number of hydrogen-bond acceptors (Lipinski definition) is 5. The molecular weight excluding hydrogens is 404 g/mol. The van der Waals surface area contributed by atoms with Gasteiger partial charge in [0.2, 0.25) is 10.0 Å². The van der Waals surface area contributed by atoms with Crippen LogP contribution in [0.3, 0.4) is 0 Å². The zero-order valence-electron chi connectivity index (χ0n) is 16.9. The van der Waals surface area contributed by atoms with Crippen molar-refractivity contribution in [3.8, 4) is 11.4 Å². The molecule has 0 N–H and O–H groups in total. The van der Waals surface area contributed by atoms with Crippen molar-refractivity contribution in [2.45, 2.75) is 23.7 Å². The van der Waals surface area contributed by atoms with Crippen LogP contribution in [0.5, 0.6) is 5.75 Å². The number of para-hydroxylation sites is 2. The third-order valence-corrected chi connectivity index (χ3v) is 7.41. The van der Waals surface area contributed by atoms with Crippen LogP contribution in [0.2, 0.25) is 0 Å². The van der Waals surface area contributed by atoms with Gasteiger partial charge in [0.25, 0.3) is 0 Å². The Kier molecular flexibility index (Phi) is 5.48. The second-order valence-corrected chi connectivity index (χ2v) is 9.17. The average molecular weight is 429 g/mol. The van der Waals surface area contributed by atoms with E-state index in [1.807, 2.05) is 30.3 Å². The molecule has 30 heavy (non-hydrogen) atoms.